The third-order valence-corrected chi connectivity index (χ3v) is 9.42. The molecule has 0 atom stereocenters. The van der Waals surface area contributed by atoms with E-state index in [-0.39, 0.29) is 16.5 Å². The number of nitriles is 1. The lowest BCUT2D eigenvalue weighted by atomic mass is 9.86. The summed E-state index contributed by atoms with van der Waals surface area (Å²) >= 11 is 0. The molecule has 0 saturated heterocycles. The topological polar surface area (TPSA) is 31.4 Å². The predicted octanol–water partition coefficient (Wildman–Crippen LogP) is 12.6. The summed E-state index contributed by atoms with van der Waals surface area (Å²) in [5, 5.41) is 18.8. The van der Waals surface area contributed by atoms with Crippen LogP contribution in [0.25, 0.3) is 54.0 Å². The summed E-state index contributed by atoms with van der Waals surface area (Å²) in [5.74, 6) is 0. The summed E-state index contributed by atoms with van der Waals surface area (Å²) in [6, 6.07) is 41.7. The molecule has 0 aromatic heterocycles. The van der Waals surface area contributed by atoms with Gasteiger partial charge >= 0.3 is 0 Å². The van der Waals surface area contributed by atoms with Crippen LogP contribution in [0.1, 0.15) is 58.2 Å². The molecule has 7 rings (SSSR count). The Morgan fingerprint density at radius 3 is 1.53 bits per heavy atom. The molecule has 3 nitrogen and oxygen atoms in total. The van der Waals surface area contributed by atoms with Crippen molar-refractivity contribution in [3.63, 3.8) is 0 Å². The van der Waals surface area contributed by atoms with Gasteiger partial charge in [-0.05, 0) is 102 Å². The zero-order valence-corrected chi connectivity index (χ0v) is 27.8. The van der Waals surface area contributed by atoms with Gasteiger partial charge in [0, 0.05) is 16.8 Å². The van der Waals surface area contributed by atoms with Gasteiger partial charge in [-0.3, -0.25) is 0 Å². The fourth-order valence-electron chi connectivity index (χ4n) is 6.92. The molecule has 3 heteroatoms. The maximum Gasteiger partial charge on any atom is 0.262 e. The minimum absolute atomic E-state index is 0.0637. The van der Waals surface area contributed by atoms with Gasteiger partial charge in [0.15, 0.2) is 0 Å². The molecule has 0 spiro atoms. The standard InChI is InChI=1S/C44H37N3/c1-43(2,3)29-15-19-32(20-16-29)47(33-21-17-30(18-22-33)44(4,5)6)40-25-24-38-37-23-14-28(26-31(27-45)46-7)34-10-8-11-35(41(34)37)36-12-9-13-39(40)42(36)38/h8-26H,1-6H3/b31-26-. The first-order valence-electron chi connectivity index (χ1n) is 16.1. The van der Waals surface area contributed by atoms with E-state index in [1.165, 1.54) is 43.4 Å². The number of nitrogens with zero attached hydrogens (tertiary/aromatic N) is 3. The fraction of sp³-hybridized carbons (Fsp3) is 0.182. The normalized spacial score (nSPS) is 12.6. The van der Waals surface area contributed by atoms with Crippen molar-refractivity contribution in [1.82, 2.24) is 0 Å². The van der Waals surface area contributed by atoms with Crippen LogP contribution in [0, 0.1) is 17.9 Å². The minimum atomic E-state index is 0.0637. The molecule has 0 saturated carbocycles. The van der Waals surface area contributed by atoms with Crippen molar-refractivity contribution in [1.29, 1.82) is 5.26 Å². The molecule has 0 aliphatic rings. The van der Waals surface area contributed by atoms with Crippen LogP contribution in [0.2, 0.25) is 0 Å². The van der Waals surface area contributed by atoms with E-state index in [2.05, 4.69) is 154 Å². The average Bonchev–Trinajstić information content (AvgIpc) is 3.06. The maximum atomic E-state index is 9.46. The van der Waals surface area contributed by atoms with E-state index in [1.54, 1.807) is 6.08 Å². The number of anilines is 3. The molecule has 47 heavy (non-hydrogen) atoms. The smallest absolute Gasteiger partial charge is 0.262 e. The lowest BCUT2D eigenvalue weighted by Gasteiger charge is -2.29. The Morgan fingerprint density at radius 1 is 0.596 bits per heavy atom. The van der Waals surface area contributed by atoms with E-state index >= 15 is 0 Å². The van der Waals surface area contributed by atoms with Gasteiger partial charge < -0.3 is 4.90 Å². The van der Waals surface area contributed by atoms with Crippen molar-refractivity contribution in [3.8, 4) is 6.07 Å². The van der Waals surface area contributed by atoms with Crippen LogP contribution >= 0.6 is 0 Å². The number of allylic oxidation sites excluding steroid dienone is 1. The molecule has 0 amide bonds. The van der Waals surface area contributed by atoms with Crippen molar-refractivity contribution >= 4 is 66.2 Å². The van der Waals surface area contributed by atoms with Gasteiger partial charge in [0.05, 0.1) is 18.3 Å². The van der Waals surface area contributed by atoms with Gasteiger partial charge in [0.1, 0.15) is 0 Å². The van der Waals surface area contributed by atoms with Crippen LogP contribution in [0.5, 0.6) is 0 Å². The molecular formula is C44H37N3. The van der Waals surface area contributed by atoms with Gasteiger partial charge in [-0.1, -0.05) is 120 Å². The van der Waals surface area contributed by atoms with Gasteiger partial charge in [0.25, 0.3) is 5.70 Å². The van der Waals surface area contributed by atoms with Gasteiger partial charge in [-0.15, -0.1) is 0 Å². The maximum absolute atomic E-state index is 9.46. The highest BCUT2D eigenvalue weighted by atomic mass is 15.1. The highest BCUT2D eigenvalue weighted by molar-refractivity contribution is 6.34. The summed E-state index contributed by atoms with van der Waals surface area (Å²) < 4.78 is 0. The lowest BCUT2D eigenvalue weighted by Crippen LogP contribution is -2.14. The monoisotopic (exact) mass is 607 g/mol. The number of benzene rings is 7. The van der Waals surface area contributed by atoms with E-state index in [0.717, 1.165) is 33.4 Å². The number of rotatable bonds is 4. The zero-order chi connectivity index (χ0) is 33.1. The van der Waals surface area contributed by atoms with Crippen molar-refractivity contribution in [2.75, 3.05) is 4.90 Å². The fourth-order valence-corrected chi connectivity index (χ4v) is 6.92. The molecule has 0 aliphatic carbocycles. The molecule has 7 aromatic rings. The van der Waals surface area contributed by atoms with Gasteiger partial charge in [-0.25, -0.2) is 10.1 Å². The Morgan fingerprint density at radius 2 is 1.04 bits per heavy atom. The highest BCUT2D eigenvalue weighted by Gasteiger charge is 2.22. The quantitative estimate of drug-likeness (QED) is 0.0862. The molecular weight excluding hydrogens is 571 g/mol. The Hall–Kier alpha value is -5.64. The van der Waals surface area contributed by atoms with Crippen LogP contribution < -0.4 is 4.90 Å². The van der Waals surface area contributed by atoms with Crippen LogP contribution in [-0.2, 0) is 10.8 Å². The second kappa shape index (κ2) is 11.0. The Labute approximate surface area is 277 Å². The van der Waals surface area contributed by atoms with E-state index in [9.17, 15) is 5.26 Å². The Balaban J connectivity index is 1.51. The van der Waals surface area contributed by atoms with Crippen LogP contribution in [0.3, 0.4) is 0 Å². The first kappa shape index (κ1) is 30.0. The molecule has 0 N–H and O–H groups in total. The van der Waals surface area contributed by atoms with Crippen LogP contribution in [0.15, 0.2) is 115 Å². The van der Waals surface area contributed by atoms with Crippen molar-refractivity contribution in [3.05, 3.63) is 143 Å². The van der Waals surface area contributed by atoms with Crippen molar-refractivity contribution in [2.45, 2.75) is 52.4 Å². The van der Waals surface area contributed by atoms with Gasteiger partial charge in [-0.2, -0.15) is 0 Å². The molecule has 228 valence electrons. The second-order valence-corrected chi connectivity index (χ2v) is 14.5. The Bertz CT molecular complexity index is 2330. The summed E-state index contributed by atoms with van der Waals surface area (Å²) in [5.41, 5.74) is 7.06. The summed E-state index contributed by atoms with van der Waals surface area (Å²) in [6.07, 6.45) is 1.70. The summed E-state index contributed by atoms with van der Waals surface area (Å²) in [6.45, 7) is 20.9. The highest BCUT2D eigenvalue weighted by Crippen LogP contribution is 2.47. The number of fused-ring (bicyclic) bond motifs is 2. The van der Waals surface area contributed by atoms with E-state index in [4.69, 9.17) is 6.57 Å². The predicted molar refractivity (Wildman–Crippen MR) is 200 cm³/mol. The summed E-state index contributed by atoms with van der Waals surface area (Å²) in [7, 11) is 0. The third kappa shape index (κ3) is 5.06. The first-order valence-corrected chi connectivity index (χ1v) is 16.1. The summed E-state index contributed by atoms with van der Waals surface area (Å²) in [4.78, 5) is 5.80. The molecule has 0 fully saturated rings. The van der Waals surface area contributed by atoms with Crippen LogP contribution in [0.4, 0.5) is 17.1 Å². The first-order chi connectivity index (χ1) is 22.5. The third-order valence-electron chi connectivity index (χ3n) is 9.42. The van der Waals surface area contributed by atoms with Gasteiger partial charge in [0.2, 0.25) is 0 Å². The molecule has 0 heterocycles. The molecule has 0 unspecified atom stereocenters. The SMILES string of the molecule is [C-]#[N+]/C(C#N)=C\c1ccc2c3ccc(N(c4ccc(C(C)(C)C)cc4)c4ccc(C(C)(C)C)cc4)c4cccc(c5cccc1c52)c43. The number of hydrogen-bond donors (Lipinski definition) is 0. The zero-order valence-electron chi connectivity index (χ0n) is 27.8. The molecule has 0 bridgehead atoms. The number of hydrogen-bond acceptors (Lipinski definition) is 2. The average molecular weight is 608 g/mol. The molecule has 0 radical (unpaired) electrons. The molecule has 7 aromatic carbocycles. The van der Waals surface area contributed by atoms with Crippen LogP contribution in [-0.4, -0.2) is 0 Å². The van der Waals surface area contributed by atoms with Crippen molar-refractivity contribution < 1.29 is 0 Å². The lowest BCUT2D eigenvalue weighted by molar-refractivity contribution is 0.590. The van der Waals surface area contributed by atoms with E-state index in [0.29, 0.717) is 0 Å². The van der Waals surface area contributed by atoms with E-state index in [1.807, 2.05) is 12.1 Å². The Kier molecular flexibility index (Phi) is 7.04. The van der Waals surface area contributed by atoms with Crippen molar-refractivity contribution in [2.24, 2.45) is 0 Å². The second-order valence-electron chi connectivity index (χ2n) is 14.5. The van der Waals surface area contributed by atoms with E-state index < -0.39 is 0 Å². The largest absolute Gasteiger partial charge is 0.310 e. The molecule has 0 aliphatic heterocycles. The minimum Gasteiger partial charge on any atom is -0.310 e.